The second kappa shape index (κ2) is 6.71. The summed E-state index contributed by atoms with van der Waals surface area (Å²) in [5.41, 5.74) is 2.20. The minimum absolute atomic E-state index is 0.0219. The Morgan fingerprint density at radius 3 is 2.36 bits per heavy atom. The first-order valence-corrected chi connectivity index (χ1v) is 6.56. The van der Waals surface area contributed by atoms with Crippen molar-refractivity contribution in [3.8, 4) is 0 Å². The maximum absolute atomic E-state index is 11.9. The van der Waals surface area contributed by atoms with E-state index in [1.54, 1.807) is 0 Å². The van der Waals surface area contributed by atoms with Gasteiger partial charge >= 0.3 is 11.9 Å². The summed E-state index contributed by atoms with van der Waals surface area (Å²) in [5.74, 6) is -1.20. The molecule has 1 aromatic heterocycles. The van der Waals surface area contributed by atoms with Crippen LogP contribution in [0.2, 0.25) is 0 Å². The quantitative estimate of drug-likeness (QED) is 0.875. The maximum atomic E-state index is 11.9. The molecule has 0 saturated carbocycles. The summed E-state index contributed by atoms with van der Waals surface area (Å²) >= 11 is 0. The second-order valence-electron chi connectivity index (χ2n) is 4.51. The lowest BCUT2D eigenvalue weighted by atomic mass is 10.1. The minimum Gasteiger partial charge on any atom is -0.465 e. The highest BCUT2D eigenvalue weighted by atomic mass is 16.5. The van der Waals surface area contributed by atoms with E-state index in [-0.39, 0.29) is 16.9 Å². The molecule has 2 aromatic rings. The number of ether oxygens (including phenoxy) is 2. The van der Waals surface area contributed by atoms with E-state index in [9.17, 15) is 9.59 Å². The molecular weight excluding hydrogens is 284 g/mol. The van der Waals surface area contributed by atoms with Crippen molar-refractivity contribution in [2.45, 2.75) is 6.92 Å². The Morgan fingerprint density at radius 1 is 1.05 bits per heavy atom. The van der Waals surface area contributed by atoms with Gasteiger partial charge in [-0.15, -0.1) is 0 Å². The molecule has 0 aliphatic rings. The van der Waals surface area contributed by atoms with Crippen molar-refractivity contribution in [2.75, 3.05) is 19.5 Å². The van der Waals surface area contributed by atoms with Gasteiger partial charge in [0.15, 0.2) is 5.69 Å². The molecule has 1 aromatic carbocycles. The normalized spacial score (nSPS) is 9.95. The van der Waals surface area contributed by atoms with Gasteiger partial charge < -0.3 is 14.8 Å². The third-order valence-electron chi connectivity index (χ3n) is 3.14. The molecule has 1 N–H and O–H groups in total. The van der Waals surface area contributed by atoms with Crippen LogP contribution in [0.4, 0.5) is 11.4 Å². The first kappa shape index (κ1) is 15.5. The number of rotatable bonds is 4. The van der Waals surface area contributed by atoms with Gasteiger partial charge in [-0.3, -0.25) is 0 Å². The molecule has 0 fully saturated rings. The number of para-hydroxylation sites is 1. The average Bonchev–Trinajstić information content (AvgIpc) is 2.55. The Morgan fingerprint density at radius 2 is 1.73 bits per heavy atom. The van der Waals surface area contributed by atoms with Gasteiger partial charge in [0.2, 0.25) is 0 Å². The lowest BCUT2D eigenvalue weighted by Gasteiger charge is -2.15. The Hall–Kier alpha value is -2.89. The van der Waals surface area contributed by atoms with Gasteiger partial charge in [-0.2, -0.15) is 0 Å². The molecule has 6 heteroatoms. The number of esters is 2. The van der Waals surface area contributed by atoms with Gasteiger partial charge in [0.25, 0.3) is 0 Å². The van der Waals surface area contributed by atoms with E-state index in [1.807, 2.05) is 31.2 Å². The lowest BCUT2D eigenvalue weighted by molar-refractivity contribution is 0.0595. The smallest absolute Gasteiger partial charge is 0.358 e. The van der Waals surface area contributed by atoms with Crippen molar-refractivity contribution in [1.82, 2.24) is 4.98 Å². The highest BCUT2D eigenvalue weighted by molar-refractivity contribution is 6.04. The van der Waals surface area contributed by atoms with E-state index in [4.69, 9.17) is 9.47 Å². The third kappa shape index (κ3) is 3.06. The van der Waals surface area contributed by atoms with Crippen molar-refractivity contribution in [3.63, 3.8) is 0 Å². The number of hydrogen-bond donors (Lipinski definition) is 1. The summed E-state index contributed by atoms with van der Waals surface area (Å²) < 4.78 is 9.47. The number of aromatic nitrogens is 1. The largest absolute Gasteiger partial charge is 0.465 e. The fraction of sp³-hybridized carbons (Fsp3) is 0.188. The number of nitrogens with zero attached hydrogens (tertiary/aromatic N) is 1. The summed E-state index contributed by atoms with van der Waals surface area (Å²) in [6.45, 7) is 1.91. The highest BCUT2D eigenvalue weighted by Gasteiger charge is 2.22. The molecule has 114 valence electrons. The van der Waals surface area contributed by atoms with Gasteiger partial charge in [0.1, 0.15) is 0 Å². The van der Waals surface area contributed by atoms with E-state index in [2.05, 4.69) is 10.3 Å². The molecule has 2 rings (SSSR count). The van der Waals surface area contributed by atoms with E-state index in [0.717, 1.165) is 11.3 Å². The molecular formula is C16H16N2O4. The van der Waals surface area contributed by atoms with Crippen molar-refractivity contribution in [1.29, 1.82) is 0 Å². The number of benzene rings is 1. The molecule has 22 heavy (non-hydrogen) atoms. The molecule has 1 heterocycles. The topological polar surface area (TPSA) is 77.5 Å². The van der Waals surface area contributed by atoms with Crippen LogP contribution in [-0.4, -0.2) is 31.1 Å². The second-order valence-corrected chi connectivity index (χ2v) is 4.51. The molecule has 0 saturated heterocycles. The summed E-state index contributed by atoms with van der Waals surface area (Å²) in [6, 6.07) is 8.98. The van der Waals surface area contributed by atoms with Crippen LogP contribution in [0.5, 0.6) is 0 Å². The predicted molar refractivity (Wildman–Crippen MR) is 81.4 cm³/mol. The Balaban J connectivity index is 2.57. The van der Waals surface area contributed by atoms with Crippen LogP contribution in [0, 0.1) is 6.92 Å². The van der Waals surface area contributed by atoms with Crippen molar-refractivity contribution in [3.05, 3.63) is 53.3 Å². The predicted octanol–water partition coefficient (Wildman–Crippen LogP) is 2.71. The van der Waals surface area contributed by atoms with Crippen molar-refractivity contribution < 1.29 is 19.1 Å². The van der Waals surface area contributed by atoms with E-state index < -0.39 is 11.9 Å². The number of anilines is 2. The highest BCUT2D eigenvalue weighted by Crippen LogP contribution is 2.27. The van der Waals surface area contributed by atoms with Gasteiger partial charge in [-0.25, -0.2) is 14.6 Å². The number of pyridine rings is 1. The summed E-state index contributed by atoms with van der Waals surface area (Å²) in [5, 5.41) is 3.08. The van der Waals surface area contributed by atoms with E-state index in [1.165, 1.54) is 26.5 Å². The van der Waals surface area contributed by atoms with Gasteiger partial charge in [-0.1, -0.05) is 18.2 Å². The van der Waals surface area contributed by atoms with Crippen LogP contribution in [0.15, 0.2) is 36.5 Å². The zero-order valence-electron chi connectivity index (χ0n) is 12.5. The molecule has 0 aliphatic carbocycles. The van der Waals surface area contributed by atoms with Crippen LogP contribution < -0.4 is 5.32 Å². The molecule has 0 aliphatic heterocycles. The first-order chi connectivity index (χ1) is 10.6. The maximum Gasteiger partial charge on any atom is 0.358 e. The van der Waals surface area contributed by atoms with Crippen LogP contribution >= 0.6 is 0 Å². The van der Waals surface area contributed by atoms with E-state index in [0.29, 0.717) is 0 Å². The molecule has 0 amide bonds. The Bertz CT molecular complexity index is 679. The van der Waals surface area contributed by atoms with Crippen LogP contribution in [0.25, 0.3) is 0 Å². The van der Waals surface area contributed by atoms with Gasteiger partial charge in [0.05, 0.1) is 25.5 Å². The number of aryl methyl sites for hydroxylation is 1. The zero-order valence-corrected chi connectivity index (χ0v) is 12.5. The van der Waals surface area contributed by atoms with Crippen molar-refractivity contribution >= 4 is 23.3 Å². The number of methoxy groups -OCH3 is 2. The number of nitrogens with one attached hydrogen (secondary N) is 1. The Kier molecular flexibility index (Phi) is 4.73. The molecule has 0 atom stereocenters. The summed E-state index contributed by atoms with van der Waals surface area (Å²) in [7, 11) is 2.53. The first-order valence-electron chi connectivity index (χ1n) is 6.56. The molecule has 0 unspecified atom stereocenters. The number of carbonyl (C=O) groups excluding carboxylic acids is 2. The number of hydrogen-bond acceptors (Lipinski definition) is 6. The summed E-state index contributed by atoms with van der Waals surface area (Å²) in [6.07, 6.45) is 1.36. The van der Waals surface area contributed by atoms with Crippen LogP contribution in [-0.2, 0) is 9.47 Å². The fourth-order valence-corrected chi connectivity index (χ4v) is 1.97. The molecule has 0 spiro atoms. The average molecular weight is 300 g/mol. The standard InChI is InChI=1S/C16H16N2O4/c1-10-6-4-5-7-12(10)18-13-11(15(19)21-2)8-9-17-14(13)16(20)22-3/h4-9,18H,1-3H3. The van der Waals surface area contributed by atoms with Gasteiger partial charge in [0, 0.05) is 11.9 Å². The molecule has 0 radical (unpaired) electrons. The Labute approximate surface area is 128 Å². The lowest BCUT2D eigenvalue weighted by Crippen LogP contribution is -2.14. The van der Waals surface area contributed by atoms with Crippen molar-refractivity contribution in [2.24, 2.45) is 0 Å². The minimum atomic E-state index is -0.637. The van der Waals surface area contributed by atoms with Gasteiger partial charge in [-0.05, 0) is 24.6 Å². The monoisotopic (exact) mass is 300 g/mol. The van der Waals surface area contributed by atoms with Crippen LogP contribution in [0.3, 0.4) is 0 Å². The molecule has 0 bridgehead atoms. The van der Waals surface area contributed by atoms with E-state index >= 15 is 0 Å². The zero-order chi connectivity index (χ0) is 16.1. The fourth-order valence-electron chi connectivity index (χ4n) is 1.97. The van der Waals surface area contributed by atoms with Crippen LogP contribution in [0.1, 0.15) is 26.4 Å². The summed E-state index contributed by atoms with van der Waals surface area (Å²) in [4.78, 5) is 27.8. The number of carbonyl (C=O) groups is 2. The molecule has 6 nitrogen and oxygen atoms in total. The third-order valence-corrected chi connectivity index (χ3v) is 3.14. The SMILES string of the molecule is COC(=O)c1ccnc(C(=O)OC)c1Nc1ccccc1C.